The van der Waals surface area contributed by atoms with E-state index in [0.717, 1.165) is 40.7 Å². The highest BCUT2D eigenvalue weighted by atomic mass is 16.5. The molecule has 0 unspecified atom stereocenters. The third-order valence-corrected chi connectivity index (χ3v) is 3.06. The van der Waals surface area contributed by atoms with Crippen LogP contribution in [0.1, 0.15) is 12.0 Å². The standard InChI is InChI=1S/C15H18O3/c1-17-14-10-11(6-5-9-16)15(18-2)13-8-4-3-7-12(13)14/h3-4,7-8,10,16H,5-6,9H2,1-2H3. The number of benzene rings is 2. The van der Waals surface area contributed by atoms with Crippen molar-refractivity contribution in [3.8, 4) is 11.5 Å². The zero-order chi connectivity index (χ0) is 13.0. The van der Waals surface area contributed by atoms with Gasteiger partial charge in [0.1, 0.15) is 11.5 Å². The number of rotatable bonds is 5. The maximum atomic E-state index is 8.96. The summed E-state index contributed by atoms with van der Waals surface area (Å²) in [7, 11) is 3.35. The Hall–Kier alpha value is -1.74. The topological polar surface area (TPSA) is 38.7 Å². The molecule has 0 radical (unpaired) electrons. The monoisotopic (exact) mass is 246 g/mol. The molecule has 2 aromatic rings. The minimum atomic E-state index is 0.179. The van der Waals surface area contributed by atoms with Gasteiger partial charge in [0, 0.05) is 17.4 Å². The lowest BCUT2D eigenvalue weighted by atomic mass is 10.0. The predicted molar refractivity (Wildman–Crippen MR) is 72.5 cm³/mol. The van der Waals surface area contributed by atoms with Crippen LogP contribution >= 0.6 is 0 Å². The first-order chi connectivity index (χ1) is 8.81. The van der Waals surface area contributed by atoms with Crippen LogP contribution in [0.3, 0.4) is 0 Å². The van der Waals surface area contributed by atoms with E-state index < -0.39 is 0 Å². The van der Waals surface area contributed by atoms with E-state index in [1.807, 2.05) is 30.3 Å². The fourth-order valence-corrected chi connectivity index (χ4v) is 2.24. The summed E-state index contributed by atoms with van der Waals surface area (Å²) in [5.41, 5.74) is 1.07. The molecule has 3 nitrogen and oxygen atoms in total. The van der Waals surface area contributed by atoms with Gasteiger partial charge < -0.3 is 14.6 Å². The number of aliphatic hydroxyl groups is 1. The van der Waals surface area contributed by atoms with E-state index in [-0.39, 0.29) is 6.61 Å². The molecule has 0 aliphatic rings. The van der Waals surface area contributed by atoms with Gasteiger partial charge >= 0.3 is 0 Å². The summed E-state index contributed by atoms with van der Waals surface area (Å²) >= 11 is 0. The van der Waals surface area contributed by atoms with Crippen molar-refractivity contribution in [3.63, 3.8) is 0 Å². The van der Waals surface area contributed by atoms with E-state index >= 15 is 0 Å². The van der Waals surface area contributed by atoms with E-state index in [4.69, 9.17) is 14.6 Å². The molecule has 3 heteroatoms. The normalized spacial score (nSPS) is 10.6. The summed E-state index contributed by atoms with van der Waals surface area (Å²) in [5, 5.41) is 11.1. The van der Waals surface area contributed by atoms with Crippen LogP contribution in [0.4, 0.5) is 0 Å². The zero-order valence-electron chi connectivity index (χ0n) is 10.8. The van der Waals surface area contributed by atoms with Gasteiger partial charge in [-0.1, -0.05) is 24.3 Å². The third kappa shape index (κ3) is 2.27. The van der Waals surface area contributed by atoms with Crippen LogP contribution in [-0.2, 0) is 6.42 Å². The summed E-state index contributed by atoms with van der Waals surface area (Å²) < 4.78 is 10.9. The van der Waals surface area contributed by atoms with Gasteiger partial charge in [-0.25, -0.2) is 0 Å². The first-order valence-electron chi connectivity index (χ1n) is 6.05. The smallest absolute Gasteiger partial charge is 0.130 e. The van der Waals surface area contributed by atoms with Gasteiger partial charge in [-0.3, -0.25) is 0 Å². The van der Waals surface area contributed by atoms with Crippen molar-refractivity contribution in [1.29, 1.82) is 0 Å². The van der Waals surface area contributed by atoms with Crippen molar-refractivity contribution >= 4 is 10.8 Å². The Morgan fingerprint density at radius 1 is 1.06 bits per heavy atom. The Balaban J connectivity index is 2.62. The number of hydrogen-bond acceptors (Lipinski definition) is 3. The summed E-state index contributed by atoms with van der Waals surface area (Å²) in [6, 6.07) is 10.0. The molecule has 0 spiro atoms. The van der Waals surface area contributed by atoms with E-state index in [1.165, 1.54) is 0 Å². The number of aryl methyl sites for hydroxylation is 1. The summed E-state index contributed by atoms with van der Waals surface area (Å²) in [5.74, 6) is 1.72. The van der Waals surface area contributed by atoms with Crippen molar-refractivity contribution in [1.82, 2.24) is 0 Å². The molecule has 0 atom stereocenters. The molecule has 0 aliphatic carbocycles. The van der Waals surface area contributed by atoms with Crippen molar-refractivity contribution in [3.05, 3.63) is 35.9 Å². The molecule has 0 bridgehead atoms. The van der Waals surface area contributed by atoms with Crippen LogP contribution in [0.2, 0.25) is 0 Å². The fourth-order valence-electron chi connectivity index (χ4n) is 2.24. The molecule has 0 saturated heterocycles. The molecular formula is C15H18O3. The second-order valence-corrected chi connectivity index (χ2v) is 4.14. The molecule has 2 rings (SSSR count). The lowest BCUT2D eigenvalue weighted by Gasteiger charge is -2.14. The molecule has 18 heavy (non-hydrogen) atoms. The summed E-state index contributed by atoms with van der Waals surface area (Å²) in [4.78, 5) is 0. The maximum absolute atomic E-state index is 8.96. The Labute approximate surface area is 107 Å². The largest absolute Gasteiger partial charge is 0.496 e. The van der Waals surface area contributed by atoms with Crippen LogP contribution in [0.25, 0.3) is 10.8 Å². The van der Waals surface area contributed by atoms with Crippen LogP contribution < -0.4 is 9.47 Å². The average Bonchev–Trinajstić information content (AvgIpc) is 2.43. The quantitative estimate of drug-likeness (QED) is 0.881. The number of fused-ring (bicyclic) bond motifs is 1. The van der Waals surface area contributed by atoms with Crippen molar-refractivity contribution in [2.24, 2.45) is 0 Å². The number of aliphatic hydroxyl groups excluding tert-OH is 1. The third-order valence-electron chi connectivity index (χ3n) is 3.06. The van der Waals surface area contributed by atoms with Gasteiger partial charge in [0.25, 0.3) is 0 Å². The van der Waals surface area contributed by atoms with Gasteiger partial charge in [-0.15, -0.1) is 0 Å². The SMILES string of the molecule is COc1cc(CCCO)c(OC)c2ccccc12. The fraction of sp³-hybridized carbons (Fsp3) is 0.333. The van der Waals surface area contributed by atoms with Crippen LogP contribution in [0.15, 0.2) is 30.3 Å². The van der Waals surface area contributed by atoms with E-state index in [1.54, 1.807) is 14.2 Å². The van der Waals surface area contributed by atoms with E-state index in [0.29, 0.717) is 0 Å². The molecule has 0 amide bonds. The first kappa shape index (κ1) is 12.7. The Bertz CT molecular complexity index is 534. The highest BCUT2D eigenvalue weighted by molar-refractivity contribution is 5.94. The average molecular weight is 246 g/mol. The van der Waals surface area contributed by atoms with Gasteiger partial charge in [0.2, 0.25) is 0 Å². The molecule has 0 aromatic heterocycles. The maximum Gasteiger partial charge on any atom is 0.130 e. The summed E-state index contributed by atoms with van der Waals surface area (Å²) in [6.45, 7) is 0.179. The minimum absolute atomic E-state index is 0.179. The molecule has 96 valence electrons. The molecule has 0 fully saturated rings. The van der Waals surface area contributed by atoms with Gasteiger partial charge in [-0.05, 0) is 24.5 Å². The second-order valence-electron chi connectivity index (χ2n) is 4.14. The van der Waals surface area contributed by atoms with E-state index in [2.05, 4.69) is 0 Å². The Kier molecular flexibility index (Phi) is 4.05. The van der Waals surface area contributed by atoms with Gasteiger partial charge in [0.15, 0.2) is 0 Å². The number of methoxy groups -OCH3 is 2. The Morgan fingerprint density at radius 2 is 1.78 bits per heavy atom. The predicted octanol–water partition coefficient (Wildman–Crippen LogP) is 2.78. The highest BCUT2D eigenvalue weighted by Crippen LogP contribution is 2.36. The molecule has 0 saturated carbocycles. The van der Waals surface area contributed by atoms with Gasteiger partial charge in [0.05, 0.1) is 14.2 Å². The molecular weight excluding hydrogens is 228 g/mol. The van der Waals surface area contributed by atoms with Crippen molar-refractivity contribution < 1.29 is 14.6 Å². The minimum Gasteiger partial charge on any atom is -0.496 e. The number of hydrogen-bond donors (Lipinski definition) is 1. The van der Waals surface area contributed by atoms with E-state index in [9.17, 15) is 0 Å². The molecule has 0 heterocycles. The molecule has 1 N–H and O–H groups in total. The summed E-state index contributed by atoms with van der Waals surface area (Å²) in [6.07, 6.45) is 1.50. The highest BCUT2D eigenvalue weighted by Gasteiger charge is 2.12. The molecule has 2 aromatic carbocycles. The van der Waals surface area contributed by atoms with Crippen LogP contribution in [0.5, 0.6) is 11.5 Å². The van der Waals surface area contributed by atoms with Crippen molar-refractivity contribution in [2.45, 2.75) is 12.8 Å². The lowest BCUT2D eigenvalue weighted by molar-refractivity contribution is 0.287. The van der Waals surface area contributed by atoms with Crippen LogP contribution in [0, 0.1) is 0 Å². The molecule has 0 aliphatic heterocycles. The second kappa shape index (κ2) is 5.74. The zero-order valence-corrected chi connectivity index (χ0v) is 10.8. The first-order valence-corrected chi connectivity index (χ1v) is 6.05. The Morgan fingerprint density at radius 3 is 2.39 bits per heavy atom. The lowest BCUT2D eigenvalue weighted by Crippen LogP contribution is -1.97. The van der Waals surface area contributed by atoms with Gasteiger partial charge in [-0.2, -0.15) is 0 Å². The number of ether oxygens (including phenoxy) is 2. The van der Waals surface area contributed by atoms with Crippen molar-refractivity contribution in [2.75, 3.05) is 20.8 Å². The van der Waals surface area contributed by atoms with Crippen LogP contribution in [-0.4, -0.2) is 25.9 Å².